The molecule has 1 amide bonds. The number of fused-ring (bicyclic) bond motifs is 1. The molecule has 4 heteroatoms. The molecule has 0 bridgehead atoms. The average Bonchev–Trinajstić information content (AvgIpc) is 2.42. The Labute approximate surface area is 125 Å². The molecule has 20 heavy (non-hydrogen) atoms. The van der Waals surface area contributed by atoms with Crippen LogP contribution in [0.15, 0.2) is 40.9 Å². The van der Waals surface area contributed by atoms with Gasteiger partial charge in [-0.25, -0.2) is 0 Å². The first-order valence-electron chi connectivity index (χ1n) is 6.56. The molecule has 3 rings (SSSR count). The minimum atomic E-state index is -0.825. The summed E-state index contributed by atoms with van der Waals surface area (Å²) >= 11 is 3.51. The second-order valence-corrected chi connectivity index (χ2v) is 6.00. The molecule has 0 aliphatic heterocycles. The summed E-state index contributed by atoms with van der Waals surface area (Å²) in [7, 11) is 0. The predicted molar refractivity (Wildman–Crippen MR) is 82.2 cm³/mol. The first-order chi connectivity index (χ1) is 9.66. The topological polar surface area (TPSA) is 52.9 Å². The van der Waals surface area contributed by atoms with Gasteiger partial charge in [0.25, 0.3) is 0 Å². The predicted octanol–water partition coefficient (Wildman–Crippen LogP) is 4.23. The van der Waals surface area contributed by atoms with E-state index in [4.69, 9.17) is 0 Å². The maximum absolute atomic E-state index is 12.3. The normalized spacial score (nSPS) is 16.2. The van der Waals surface area contributed by atoms with Crippen LogP contribution in [0.25, 0.3) is 10.8 Å². The van der Waals surface area contributed by atoms with E-state index in [1.165, 1.54) is 0 Å². The van der Waals surface area contributed by atoms with Gasteiger partial charge in [-0.3, -0.25) is 4.79 Å². The number of amides is 1. The van der Waals surface area contributed by atoms with E-state index < -0.39 is 5.41 Å². The number of nitrogens with zero attached hydrogens (tertiary/aromatic N) is 1. The molecule has 0 spiro atoms. The average molecular weight is 329 g/mol. The lowest BCUT2D eigenvalue weighted by atomic mass is 9.69. The van der Waals surface area contributed by atoms with E-state index in [2.05, 4.69) is 27.3 Å². The second-order valence-electron chi connectivity index (χ2n) is 5.14. The van der Waals surface area contributed by atoms with Crippen LogP contribution in [-0.4, -0.2) is 5.91 Å². The van der Waals surface area contributed by atoms with Gasteiger partial charge in [0.1, 0.15) is 5.41 Å². The second kappa shape index (κ2) is 4.92. The summed E-state index contributed by atoms with van der Waals surface area (Å²) in [6.45, 7) is 0. The Morgan fingerprint density at radius 3 is 2.50 bits per heavy atom. The molecule has 0 saturated heterocycles. The Balaban J connectivity index is 1.98. The zero-order valence-electron chi connectivity index (χ0n) is 10.8. The fraction of sp³-hybridized carbons (Fsp3) is 0.250. The van der Waals surface area contributed by atoms with Crippen LogP contribution in [0.4, 0.5) is 5.69 Å². The van der Waals surface area contributed by atoms with Crippen LogP contribution < -0.4 is 5.32 Å². The number of hydrogen-bond donors (Lipinski definition) is 1. The number of halogens is 1. The van der Waals surface area contributed by atoms with E-state index in [0.29, 0.717) is 12.8 Å². The maximum atomic E-state index is 12.3. The van der Waals surface area contributed by atoms with Crippen molar-refractivity contribution in [2.75, 3.05) is 5.32 Å². The fourth-order valence-electron chi connectivity index (χ4n) is 2.53. The van der Waals surface area contributed by atoms with Gasteiger partial charge in [0, 0.05) is 15.5 Å². The highest BCUT2D eigenvalue weighted by Gasteiger charge is 2.44. The van der Waals surface area contributed by atoms with E-state index in [-0.39, 0.29) is 5.91 Å². The Morgan fingerprint density at radius 2 is 1.90 bits per heavy atom. The van der Waals surface area contributed by atoms with Crippen LogP contribution in [0.5, 0.6) is 0 Å². The molecule has 100 valence electrons. The number of rotatable bonds is 2. The van der Waals surface area contributed by atoms with Crippen LogP contribution in [0.2, 0.25) is 0 Å². The van der Waals surface area contributed by atoms with Gasteiger partial charge < -0.3 is 5.32 Å². The Kier molecular flexibility index (Phi) is 3.23. The highest BCUT2D eigenvalue weighted by atomic mass is 79.9. The molecular formula is C16H13BrN2O. The molecule has 1 fully saturated rings. The third kappa shape index (κ3) is 1.99. The van der Waals surface area contributed by atoms with Crippen LogP contribution >= 0.6 is 15.9 Å². The monoisotopic (exact) mass is 328 g/mol. The molecule has 1 aliphatic rings. The first kappa shape index (κ1) is 13.1. The van der Waals surface area contributed by atoms with Gasteiger partial charge in [0.2, 0.25) is 5.91 Å². The maximum Gasteiger partial charge on any atom is 0.244 e. The molecule has 2 aromatic rings. The minimum absolute atomic E-state index is 0.182. The smallest absolute Gasteiger partial charge is 0.244 e. The molecule has 1 saturated carbocycles. The molecular weight excluding hydrogens is 316 g/mol. The van der Waals surface area contributed by atoms with Gasteiger partial charge in [-0.1, -0.05) is 40.2 Å². The van der Waals surface area contributed by atoms with Crippen molar-refractivity contribution in [3.05, 3.63) is 40.9 Å². The third-order valence-electron chi connectivity index (χ3n) is 3.97. The summed E-state index contributed by atoms with van der Waals surface area (Å²) in [4.78, 5) is 12.3. The summed E-state index contributed by atoms with van der Waals surface area (Å²) < 4.78 is 0.990. The van der Waals surface area contributed by atoms with Crippen LogP contribution in [0, 0.1) is 16.7 Å². The largest absolute Gasteiger partial charge is 0.324 e. The van der Waals surface area contributed by atoms with Crippen molar-refractivity contribution in [3.8, 4) is 6.07 Å². The number of carbonyl (C=O) groups excluding carboxylic acids is 1. The van der Waals surface area contributed by atoms with Crippen LogP contribution in [0.1, 0.15) is 19.3 Å². The van der Waals surface area contributed by atoms with Gasteiger partial charge in [-0.15, -0.1) is 0 Å². The summed E-state index contributed by atoms with van der Waals surface area (Å²) in [6.07, 6.45) is 2.26. The Hall–Kier alpha value is -1.86. The van der Waals surface area contributed by atoms with E-state index in [1.807, 2.05) is 36.4 Å². The lowest BCUT2D eigenvalue weighted by molar-refractivity contribution is -0.126. The molecule has 0 unspecified atom stereocenters. The van der Waals surface area contributed by atoms with Gasteiger partial charge in [0.15, 0.2) is 0 Å². The number of anilines is 1. The number of benzene rings is 2. The molecule has 0 radical (unpaired) electrons. The van der Waals surface area contributed by atoms with Crippen molar-refractivity contribution in [1.29, 1.82) is 5.26 Å². The molecule has 0 heterocycles. The Morgan fingerprint density at radius 1 is 1.20 bits per heavy atom. The van der Waals surface area contributed by atoms with Gasteiger partial charge in [-0.05, 0) is 36.8 Å². The van der Waals surface area contributed by atoms with Crippen molar-refractivity contribution in [1.82, 2.24) is 0 Å². The molecule has 1 aliphatic carbocycles. The van der Waals surface area contributed by atoms with Gasteiger partial charge in [0.05, 0.1) is 6.07 Å². The highest BCUT2D eigenvalue weighted by molar-refractivity contribution is 9.10. The lowest BCUT2D eigenvalue weighted by Crippen LogP contribution is -2.40. The zero-order valence-corrected chi connectivity index (χ0v) is 12.4. The summed E-state index contributed by atoms with van der Waals surface area (Å²) in [5.41, 5.74) is -0.0657. The SMILES string of the molecule is N#CC1(C(=O)Nc2ccc(Br)c3ccccc23)CCC1. The third-order valence-corrected chi connectivity index (χ3v) is 4.67. The van der Waals surface area contributed by atoms with Crippen molar-refractivity contribution >= 4 is 38.3 Å². The lowest BCUT2D eigenvalue weighted by Gasteiger charge is -2.33. The quantitative estimate of drug-likeness (QED) is 0.896. The van der Waals surface area contributed by atoms with E-state index in [1.54, 1.807) is 0 Å². The molecule has 0 atom stereocenters. The van der Waals surface area contributed by atoms with Crippen LogP contribution in [0.3, 0.4) is 0 Å². The van der Waals surface area contributed by atoms with Crippen molar-refractivity contribution in [3.63, 3.8) is 0 Å². The zero-order chi connectivity index (χ0) is 14.2. The molecule has 2 aromatic carbocycles. The van der Waals surface area contributed by atoms with E-state index in [0.717, 1.165) is 27.4 Å². The van der Waals surface area contributed by atoms with Crippen molar-refractivity contribution in [2.24, 2.45) is 5.41 Å². The Bertz CT molecular complexity index is 729. The summed E-state index contributed by atoms with van der Waals surface area (Å²) in [5.74, 6) is -0.182. The number of carbonyl (C=O) groups is 1. The summed E-state index contributed by atoms with van der Waals surface area (Å²) in [6, 6.07) is 13.8. The first-order valence-corrected chi connectivity index (χ1v) is 7.35. The number of hydrogen-bond acceptors (Lipinski definition) is 2. The fourth-order valence-corrected chi connectivity index (χ4v) is 3.01. The van der Waals surface area contributed by atoms with Crippen molar-refractivity contribution < 1.29 is 4.79 Å². The molecule has 0 aromatic heterocycles. The standard InChI is InChI=1S/C16H13BrN2O/c17-13-6-7-14(12-5-2-1-4-11(12)13)19-15(20)16(10-18)8-3-9-16/h1-2,4-7H,3,8-9H2,(H,19,20). The number of nitrogens with one attached hydrogen (secondary N) is 1. The van der Waals surface area contributed by atoms with E-state index in [9.17, 15) is 10.1 Å². The molecule has 1 N–H and O–H groups in total. The highest BCUT2D eigenvalue weighted by Crippen LogP contribution is 2.41. The number of nitriles is 1. The molecule has 3 nitrogen and oxygen atoms in total. The van der Waals surface area contributed by atoms with Gasteiger partial charge >= 0.3 is 0 Å². The van der Waals surface area contributed by atoms with Gasteiger partial charge in [-0.2, -0.15) is 5.26 Å². The van der Waals surface area contributed by atoms with E-state index >= 15 is 0 Å². The van der Waals surface area contributed by atoms with Crippen molar-refractivity contribution in [2.45, 2.75) is 19.3 Å². The summed E-state index contributed by atoms with van der Waals surface area (Å²) in [5, 5.41) is 14.2. The minimum Gasteiger partial charge on any atom is -0.324 e. The van der Waals surface area contributed by atoms with Crippen LogP contribution in [-0.2, 0) is 4.79 Å².